The molecule has 29 heavy (non-hydrogen) atoms. The fraction of sp³-hybridized carbons (Fsp3) is 0.353. The van der Waals surface area contributed by atoms with Crippen molar-refractivity contribution in [2.75, 3.05) is 0 Å². The maximum absolute atomic E-state index is 15.6. The number of hydrogen-bond donors (Lipinski definition) is 0. The first-order valence-electron chi connectivity index (χ1n) is 7.49. The first kappa shape index (κ1) is 24.0. The van der Waals surface area contributed by atoms with Crippen LogP contribution in [0.5, 0.6) is 0 Å². The second-order valence-corrected chi connectivity index (χ2v) is 8.52. The van der Waals surface area contributed by atoms with Crippen molar-refractivity contribution in [3.05, 3.63) is 55.6 Å². The minimum absolute atomic E-state index is 0.131. The van der Waals surface area contributed by atoms with Gasteiger partial charge >= 0.3 is 18.3 Å². The molecule has 2 unspecified atom stereocenters. The predicted molar refractivity (Wildman–Crippen MR) is 97.5 cm³/mol. The second kappa shape index (κ2) is 7.47. The molecule has 0 amide bonds. The molecule has 0 N–H and O–H groups in total. The number of nitrogens with zero attached hydrogens (tertiary/aromatic N) is 1. The van der Waals surface area contributed by atoms with E-state index in [1.807, 2.05) is 0 Å². The maximum Gasteiger partial charge on any atom is 0.457 e. The first-order chi connectivity index (χ1) is 13.0. The third-order valence-electron chi connectivity index (χ3n) is 4.35. The van der Waals surface area contributed by atoms with Crippen LogP contribution in [0.1, 0.15) is 17.5 Å². The number of halogens is 11. The van der Waals surface area contributed by atoms with Gasteiger partial charge < -0.3 is 0 Å². The molecule has 2 atom stereocenters. The van der Waals surface area contributed by atoms with Crippen LogP contribution in [-0.2, 0) is 5.41 Å². The van der Waals surface area contributed by atoms with E-state index in [1.165, 1.54) is 28.7 Å². The van der Waals surface area contributed by atoms with E-state index >= 15 is 4.39 Å². The van der Waals surface area contributed by atoms with Crippen molar-refractivity contribution >= 4 is 38.5 Å². The lowest BCUT2D eigenvalue weighted by Gasteiger charge is -2.48. The Morgan fingerprint density at radius 1 is 0.931 bits per heavy atom. The van der Waals surface area contributed by atoms with Crippen molar-refractivity contribution in [2.24, 2.45) is 0 Å². The zero-order chi connectivity index (χ0) is 22.5. The lowest BCUT2D eigenvalue weighted by Crippen LogP contribution is -2.71. The molecule has 0 saturated heterocycles. The van der Waals surface area contributed by atoms with Crippen LogP contribution in [0.25, 0.3) is 0 Å². The molecule has 1 aromatic carbocycles. The molecule has 0 fully saturated rings. The summed E-state index contributed by atoms with van der Waals surface area (Å²) < 4.78 is 125. The van der Waals surface area contributed by atoms with Gasteiger partial charge in [-0.05, 0) is 42.3 Å². The third kappa shape index (κ3) is 3.58. The van der Waals surface area contributed by atoms with E-state index in [-0.39, 0.29) is 14.5 Å². The Morgan fingerprint density at radius 3 is 1.93 bits per heavy atom. The summed E-state index contributed by atoms with van der Waals surface area (Å²) in [5.74, 6) is -6.85. The van der Waals surface area contributed by atoms with E-state index in [9.17, 15) is 40.4 Å². The van der Waals surface area contributed by atoms with Crippen LogP contribution in [0.3, 0.4) is 0 Å². The van der Waals surface area contributed by atoms with Crippen LogP contribution in [0, 0.1) is 11.3 Å². The number of nitriles is 1. The number of allylic oxidation sites excluding steroid dienone is 4. The SMILES string of the molecule is N#Cc1ccccc1C1(C(F)(C(F)(F)F)C(F)(F)C(F)(F)F)C=C(Br)CC(I)=C1. The highest BCUT2D eigenvalue weighted by Crippen LogP contribution is 2.63. The van der Waals surface area contributed by atoms with E-state index < -0.39 is 40.5 Å². The Hall–Kier alpha value is -1.23. The molecule has 0 aliphatic heterocycles. The van der Waals surface area contributed by atoms with Gasteiger partial charge in [0, 0.05) is 6.42 Å². The van der Waals surface area contributed by atoms with E-state index in [4.69, 9.17) is 0 Å². The predicted octanol–water partition coefficient (Wildman–Crippen LogP) is 7.27. The lowest BCUT2D eigenvalue weighted by atomic mass is 9.62. The summed E-state index contributed by atoms with van der Waals surface area (Å²) in [5.41, 5.74) is -11.5. The van der Waals surface area contributed by atoms with Gasteiger partial charge in [-0.1, -0.05) is 46.3 Å². The summed E-state index contributed by atoms with van der Waals surface area (Å²) in [6.07, 6.45) is -13.0. The van der Waals surface area contributed by atoms with Gasteiger partial charge in [0.1, 0.15) is 0 Å². The molecular formula is C17H8BrF9IN. The van der Waals surface area contributed by atoms with Crippen LogP contribution in [0.15, 0.2) is 44.5 Å². The average molecular weight is 604 g/mol. The summed E-state index contributed by atoms with van der Waals surface area (Å²) in [5, 5.41) is 9.21. The summed E-state index contributed by atoms with van der Waals surface area (Å²) in [7, 11) is 0. The summed E-state index contributed by atoms with van der Waals surface area (Å²) in [6, 6.07) is 5.21. The van der Waals surface area contributed by atoms with Crippen LogP contribution < -0.4 is 0 Å². The zero-order valence-corrected chi connectivity index (χ0v) is 17.5. The first-order valence-corrected chi connectivity index (χ1v) is 9.36. The van der Waals surface area contributed by atoms with E-state index in [2.05, 4.69) is 15.9 Å². The van der Waals surface area contributed by atoms with Gasteiger partial charge in [0.05, 0.1) is 17.0 Å². The Balaban J connectivity index is 3.13. The van der Waals surface area contributed by atoms with Crippen LogP contribution in [-0.4, -0.2) is 23.9 Å². The Morgan fingerprint density at radius 2 is 1.48 bits per heavy atom. The van der Waals surface area contributed by atoms with Gasteiger partial charge in [-0.2, -0.15) is 40.4 Å². The maximum atomic E-state index is 15.6. The highest BCUT2D eigenvalue weighted by molar-refractivity contribution is 14.1. The second-order valence-electron chi connectivity index (χ2n) is 6.11. The molecule has 158 valence electrons. The van der Waals surface area contributed by atoms with Gasteiger partial charge in [-0.3, -0.25) is 0 Å². The Bertz CT molecular complexity index is 893. The van der Waals surface area contributed by atoms with Gasteiger partial charge in [0.25, 0.3) is 5.67 Å². The van der Waals surface area contributed by atoms with Crippen molar-refractivity contribution in [3.63, 3.8) is 0 Å². The third-order valence-corrected chi connectivity index (χ3v) is 5.55. The zero-order valence-electron chi connectivity index (χ0n) is 13.8. The van der Waals surface area contributed by atoms with E-state index in [1.54, 1.807) is 0 Å². The number of alkyl halides is 9. The van der Waals surface area contributed by atoms with Gasteiger partial charge in [-0.25, -0.2) is 4.39 Å². The monoisotopic (exact) mass is 603 g/mol. The molecule has 1 aromatic rings. The van der Waals surface area contributed by atoms with E-state index in [0.29, 0.717) is 18.2 Å². The molecule has 1 aliphatic rings. The van der Waals surface area contributed by atoms with Crippen molar-refractivity contribution in [3.8, 4) is 6.07 Å². The molecule has 0 spiro atoms. The summed E-state index contributed by atoms with van der Waals surface area (Å²) >= 11 is 4.21. The highest BCUT2D eigenvalue weighted by Gasteiger charge is 2.87. The molecule has 0 bridgehead atoms. The molecule has 1 nitrogen and oxygen atoms in total. The van der Waals surface area contributed by atoms with Gasteiger partial charge in [-0.15, -0.1) is 0 Å². The van der Waals surface area contributed by atoms with Crippen LogP contribution in [0.4, 0.5) is 39.5 Å². The Kier molecular flexibility index (Phi) is 6.20. The van der Waals surface area contributed by atoms with Crippen LogP contribution >= 0.6 is 38.5 Å². The fourth-order valence-corrected chi connectivity index (χ4v) is 5.24. The average Bonchev–Trinajstić information content (AvgIpc) is 2.57. The van der Waals surface area contributed by atoms with Gasteiger partial charge in [0.15, 0.2) is 0 Å². The summed E-state index contributed by atoms with van der Waals surface area (Å²) in [6.45, 7) is 0. The normalized spacial score (nSPS) is 23.0. The summed E-state index contributed by atoms with van der Waals surface area (Å²) in [4.78, 5) is 0. The molecule has 0 heterocycles. The van der Waals surface area contributed by atoms with Crippen molar-refractivity contribution in [2.45, 2.75) is 35.8 Å². The minimum atomic E-state index is -6.87. The molecule has 0 radical (unpaired) electrons. The van der Waals surface area contributed by atoms with Gasteiger partial charge in [0.2, 0.25) is 0 Å². The lowest BCUT2D eigenvalue weighted by molar-refractivity contribution is -0.392. The number of benzene rings is 1. The fourth-order valence-electron chi connectivity index (χ4n) is 3.15. The standard InChI is InChI=1S/C17H8BrF9IN/c18-10-5-11(28)7-13(6-10,12-4-2-1-3-9(12)8-29)14(19,16(22,23)24)15(20,21)17(25,26)27/h1-4,6-7H,5H2. The number of hydrogen-bond acceptors (Lipinski definition) is 1. The van der Waals surface area contributed by atoms with Crippen molar-refractivity contribution < 1.29 is 39.5 Å². The molecule has 12 heteroatoms. The Labute approximate surface area is 180 Å². The van der Waals surface area contributed by atoms with Crippen molar-refractivity contribution in [1.82, 2.24) is 0 Å². The molecule has 0 saturated carbocycles. The number of rotatable bonds is 3. The largest absolute Gasteiger partial charge is 0.457 e. The molecule has 0 aromatic heterocycles. The molecular weight excluding hydrogens is 596 g/mol. The smallest absolute Gasteiger partial charge is 0.225 e. The molecule has 2 rings (SSSR count). The molecule has 1 aliphatic carbocycles. The topological polar surface area (TPSA) is 23.8 Å². The quantitative estimate of drug-likeness (QED) is 0.263. The highest BCUT2D eigenvalue weighted by atomic mass is 127. The van der Waals surface area contributed by atoms with E-state index in [0.717, 1.165) is 18.2 Å². The minimum Gasteiger partial charge on any atom is -0.225 e. The van der Waals surface area contributed by atoms with Crippen LogP contribution in [0.2, 0.25) is 0 Å². The van der Waals surface area contributed by atoms with Crippen molar-refractivity contribution in [1.29, 1.82) is 5.26 Å².